The van der Waals surface area contributed by atoms with Crippen molar-refractivity contribution in [2.24, 2.45) is 0 Å². The van der Waals surface area contributed by atoms with E-state index in [2.05, 4.69) is 5.32 Å². The van der Waals surface area contributed by atoms with E-state index in [0.29, 0.717) is 5.69 Å². The molecule has 33 heavy (non-hydrogen) atoms. The monoisotopic (exact) mass is 466 g/mol. The Bertz CT molecular complexity index is 1220. The first-order chi connectivity index (χ1) is 15.7. The molecule has 0 fully saturated rings. The maximum atomic E-state index is 13.4. The van der Waals surface area contributed by atoms with Gasteiger partial charge < -0.3 is 10.1 Å². The predicted octanol–water partition coefficient (Wildman–Crippen LogP) is 4.31. The molecule has 1 amide bonds. The summed E-state index contributed by atoms with van der Waals surface area (Å²) in [5, 5.41) is 2.77. The number of carbonyl (C=O) groups is 1. The zero-order chi connectivity index (χ0) is 24.0. The van der Waals surface area contributed by atoms with Crippen LogP contribution in [0, 0.1) is 27.7 Å². The smallest absolute Gasteiger partial charge is 0.264 e. The number of carbonyl (C=O) groups excluding carboxylic acids is 1. The van der Waals surface area contributed by atoms with Gasteiger partial charge in [0.2, 0.25) is 5.91 Å². The summed E-state index contributed by atoms with van der Waals surface area (Å²) in [7, 11) is -3.93. The Morgan fingerprint density at radius 1 is 0.879 bits per heavy atom. The molecule has 0 heterocycles. The fraction of sp³-hybridized carbons (Fsp3) is 0.269. The summed E-state index contributed by atoms with van der Waals surface area (Å²) in [4.78, 5) is 12.9. The molecule has 0 aliphatic rings. The van der Waals surface area contributed by atoms with Gasteiger partial charge in [0.1, 0.15) is 18.9 Å². The summed E-state index contributed by atoms with van der Waals surface area (Å²) in [5.41, 5.74) is 4.56. The molecule has 3 rings (SSSR count). The van der Waals surface area contributed by atoms with Gasteiger partial charge in [-0.15, -0.1) is 0 Å². The molecular weight excluding hydrogens is 436 g/mol. The highest BCUT2D eigenvalue weighted by Gasteiger charge is 2.28. The number of nitrogens with one attached hydrogen (secondary N) is 1. The van der Waals surface area contributed by atoms with E-state index in [1.54, 1.807) is 30.3 Å². The molecule has 3 aromatic rings. The van der Waals surface area contributed by atoms with Gasteiger partial charge >= 0.3 is 0 Å². The van der Waals surface area contributed by atoms with E-state index < -0.39 is 15.9 Å². The molecule has 6 nitrogen and oxygen atoms in total. The fourth-order valence-corrected chi connectivity index (χ4v) is 4.87. The molecule has 0 atom stereocenters. The van der Waals surface area contributed by atoms with Crippen molar-refractivity contribution in [2.75, 3.05) is 24.0 Å². The summed E-state index contributed by atoms with van der Waals surface area (Å²) >= 11 is 0. The van der Waals surface area contributed by atoms with Crippen molar-refractivity contribution in [2.45, 2.75) is 32.6 Å². The molecule has 0 saturated carbocycles. The van der Waals surface area contributed by atoms with Gasteiger partial charge in [-0.05, 0) is 80.3 Å². The van der Waals surface area contributed by atoms with Crippen LogP contribution in [0.15, 0.2) is 71.6 Å². The number of amides is 1. The third-order valence-electron chi connectivity index (χ3n) is 5.63. The zero-order valence-electron chi connectivity index (χ0n) is 19.5. The van der Waals surface area contributed by atoms with Crippen LogP contribution in [0.3, 0.4) is 0 Å². The van der Waals surface area contributed by atoms with Crippen LogP contribution < -0.4 is 14.4 Å². The van der Waals surface area contributed by atoms with Gasteiger partial charge in [-0.1, -0.05) is 36.4 Å². The van der Waals surface area contributed by atoms with E-state index in [-0.39, 0.29) is 24.6 Å². The molecular formula is C26H30N2O4S. The second-order valence-electron chi connectivity index (χ2n) is 7.99. The largest absolute Gasteiger partial charge is 0.492 e. The van der Waals surface area contributed by atoms with Crippen LogP contribution in [0.5, 0.6) is 5.75 Å². The van der Waals surface area contributed by atoms with Crippen molar-refractivity contribution < 1.29 is 17.9 Å². The standard InChI is InChI=1S/C26H30N2O4S/c1-19-13-14-23(17-21(19)3)32-16-15-27-26(29)18-28(25-12-8-9-20(2)22(25)4)33(30,31)24-10-6-5-7-11-24/h5-14,17H,15-16,18H2,1-4H3,(H,27,29). The molecule has 3 aromatic carbocycles. The summed E-state index contributed by atoms with van der Waals surface area (Å²) in [5.74, 6) is 0.329. The van der Waals surface area contributed by atoms with Gasteiger partial charge in [-0.25, -0.2) is 8.42 Å². The lowest BCUT2D eigenvalue weighted by atomic mass is 10.1. The average molecular weight is 467 g/mol. The third kappa shape index (κ3) is 5.93. The average Bonchev–Trinajstić information content (AvgIpc) is 2.80. The molecule has 174 valence electrons. The first kappa shape index (κ1) is 24.3. The maximum absolute atomic E-state index is 13.4. The molecule has 0 spiro atoms. The van der Waals surface area contributed by atoms with Crippen molar-refractivity contribution >= 4 is 21.6 Å². The lowest BCUT2D eigenvalue weighted by molar-refractivity contribution is -0.119. The maximum Gasteiger partial charge on any atom is 0.264 e. The number of rotatable bonds is 9. The Balaban J connectivity index is 1.72. The van der Waals surface area contributed by atoms with E-state index in [4.69, 9.17) is 4.74 Å². The Morgan fingerprint density at radius 2 is 1.61 bits per heavy atom. The van der Waals surface area contributed by atoms with Crippen molar-refractivity contribution in [1.82, 2.24) is 5.32 Å². The van der Waals surface area contributed by atoms with Crippen molar-refractivity contribution in [1.29, 1.82) is 0 Å². The zero-order valence-corrected chi connectivity index (χ0v) is 20.3. The summed E-state index contributed by atoms with van der Waals surface area (Å²) in [6.45, 7) is 8.03. The molecule has 0 bridgehead atoms. The van der Waals surface area contributed by atoms with Crippen LogP contribution >= 0.6 is 0 Å². The molecule has 0 unspecified atom stereocenters. The minimum absolute atomic E-state index is 0.136. The van der Waals surface area contributed by atoms with Crippen LogP contribution in [0.4, 0.5) is 5.69 Å². The van der Waals surface area contributed by atoms with Crippen LogP contribution in [-0.4, -0.2) is 34.0 Å². The van der Waals surface area contributed by atoms with E-state index >= 15 is 0 Å². The predicted molar refractivity (Wildman–Crippen MR) is 131 cm³/mol. The number of ether oxygens (including phenoxy) is 1. The SMILES string of the molecule is Cc1ccc(OCCNC(=O)CN(c2cccc(C)c2C)S(=O)(=O)c2ccccc2)cc1C. The van der Waals surface area contributed by atoms with E-state index in [1.807, 2.05) is 52.0 Å². The Morgan fingerprint density at radius 3 is 2.30 bits per heavy atom. The molecule has 0 aliphatic carbocycles. The lowest BCUT2D eigenvalue weighted by Gasteiger charge is -2.26. The minimum Gasteiger partial charge on any atom is -0.492 e. The Labute approximate surface area is 196 Å². The van der Waals surface area contributed by atoms with Crippen LogP contribution in [0.25, 0.3) is 0 Å². The van der Waals surface area contributed by atoms with Gasteiger partial charge in [0.25, 0.3) is 10.0 Å². The van der Waals surface area contributed by atoms with Crippen LogP contribution in [0.2, 0.25) is 0 Å². The topological polar surface area (TPSA) is 75.7 Å². The van der Waals surface area contributed by atoms with Gasteiger partial charge in [-0.2, -0.15) is 0 Å². The normalized spacial score (nSPS) is 11.2. The third-order valence-corrected chi connectivity index (χ3v) is 7.41. The molecule has 0 aromatic heterocycles. The van der Waals surface area contributed by atoms with Crippen LogP contribution in [-0.2, 0) is 14.8 Å². The molecule has 1 N–H and O–H groups in total. The van der Waals surface area contributed by atoms with Crippen LogP contribution in [0.1, 0.15) is 22.3 Å². The first-order valence-electron chi connectivity index (χ1n) is 10.8. The second kappa shape index (κ2) is 10.5. The molecule has 0 saturated heterocycles. The second-order valence-corrected chi connectivity index (χ2v) is 9.85. The van der Waals surface area contributed by atoms with E-state index in [9.17, 15) is 13.2 Å². The first-order valence-corrected chi connectivity index (χ1v) is 12.2. The molecule has 0 aliphatic heterocycles. The number of anilines is 1. The molecule has 0 radical (unpaired) electrons. The summed E-state index contributed by atoms with van der Waals surface area (Å²) in [6.07, 6.45) is 0. The number of hydrogen-bond donors (Lipinski definition) is 1. The van der Waals surface area contributed by atoms with Gasteiger partial charge in [0, 0.05) is 0 Å². The highest BCUT2D eigenvalue weighted by molar-refractivity contribution is 7.92. The highest BCUT2D eigenvalue weighted by atomic mass is 32.2. The van der Waals surface area contributed by atoms with E-state index in [0.717, 1.165) is 22.4 Å². The highest BCUT2D eigenvalue weighted by Crippen LogP contribution is 2.28. The van der Waals surface area contributed by atoms with Crippen molar-refractivity contribution in [3.05, 3.63) is 89.0 Å². The number of nitrogens with zero attached hydrogens (tertiary/aromatic N) is 1. The summed E-state index contributed by atoms with van der Waals surface area (Å²) < 4.78 is 33.7. The number of aryl methyl sites for hydroxylation is 3. The number of sulfonamides is 1. The van der Waals surface area contributed by atoms with Gasteiger partial charge in [0.05, 0.1) is 17.1 Å². The van der Waals surface area contributed by atoms with Gasteiger partial charge in [-0.3, -0.25) is 9.10 Å². The molecule has 7 heteroatoms. The quantitative estimate of drug-likeness (QED) is 0.477. The number of hydrogen-bond acceptors (Lipinski definition) is 4. The van der Waals surface area contributed by atoms with Crippen molar-refractivity contribution in [3.8, 4) is 5.75 Å². The number of benzene rings is 3. The summed E-state index contributed by atoms with van der Waals surface area (Å²) in [6, 6.07) is 19.4. The Kier molecular flexibility index (Phi) is 7.76. The van der Waals surface area contributed by atoms with Crippen molar-refractivity contribution in [3.63, 3.8) is 0 Å². The van der Waals surface area contributed by atoms with E-state index in [1.165, 1.54) is 22.0 Å². The van der Waals surface area contributed by atoms with Gasteiger partial charge in [0.15, 0.2) is 0 Å². The lowest BCUT2D eigenvalue weighted by Crippen LogP contribution is -2.42. The Hall–Kier alpha value is -3.32. The fourth-order valence-electron chi connectivity index (χ4n) is 3.37. The minimum atomic E-state index is -3.93.